The average Bonchev–Trinajstić information content (AvgIpc) is 2.72. The minimum absolute atomic E-state index is 0.131. The molecule has 0 radical (unpaired) electrons. The van der Waals surface area contributed by atoms with Crippen LogP contribution < -0.4 is 5.32 Å². The van der Waals surface area contributed by atoms with E-state index >= 15 is 0 Å². The molecule has 1 aromatic rings. The molecule has 6 nitrogen and oxygen atoms in total. The molecular weight excluding hydrogens is 232 g/mol. The zero-order valence-electron chi connectivity index (χ0n) is 10.7. The Morgan fingerprint density at radius 1 is 1.67 bits per heavy atom. The third-order valence-electron chi connectivity index (χ3n) is 3.19. The minimum atomic E-state index is -0.999. The van der Waals surface area contributed by atoms with Crippen molar-refractivity contribution in [3.63, 3.8) is 0 Å². The molecule has 1 saturated heterocycles. The van der Waals surface area contributed by atoms with Crippen molar-refractivity contribution < 1.29 is 9.90 Å². The molecule has 1 fully saturated rings. The van der Waals surface area contributed by atoms with Gasteiger partial charge in [0.25, 0.3) is 0 Å². The normalized spacial score (nSPS) is 20.0. The Kier molecular flexibility index (Phi) is 3.76. The second-order valence-corrected chi connectivity index (χ2v) is 4.78. The fraction of sp³-hybridized carbons (Fsp3) is 0.583. The first-order chi connectivity index (χ1) is 8.56. The molecule has 0 aliphatic carbocycles. The topological polar surface area (TPSA) is 78.3 Å². The van der Waals surface area contributed by atoms with E-state index in [4.69, 9.17) is 5.11 Å². The number of rotatable bonds is 4. The number of anilines is 1. The third kappa shape index (κ3) is 2.95. The van der Waals surface area contributed by atoms with Gasteiger partial charge in [0.1, 0.15) is 17.2 Å². The van der Waals surface area contributed by atoms with Crippen LogP contribution in [0, 0.1) is 12.8 Å². The molecule has 6 heteroatoms. The Labute approximate surface area is 106 Å². The first-order valence-electron chi connectivity index (χ1n) is 6.05. The maximum absolute atomic E-state index is 11.1. The summed E-state index contributed by atoms with van der Waals surface area (Å²) in [5, 5.41) is 12.2. The summed E-state index contributed by atoms with van der Waals surface area (Å²) in [6, 6.07) is 0. The van der Waals surface area contributed by atoms with Gasteiger partial charge in [-0.2, -0.15) is 0 Å². The summed E-state index contributed by atoms with van der Waals surface area (Å²) >= 11 is 0. The van der Waals surface area contributed by atoms with Gasteiger partial charge in [0, 0.05) is 19.3 Å². The van der Waals surface area contributed by atoms with E-state index in [-0.39, 0.29) is 5.56 Å². The molecule has 98 valence electrons. The monoisotopic (exact) mass is 250 g/mol. The predicted molar refractivity (Wildman–Crippen MR) is 67.8 cm³/mol. The van der Waals surface area contributed by atoms with Crippen LogP contribution in [-0.4, -0.2) is 52.6 Å². The number of likely N-dealkylation sites (tertiary alicyclic amines) is 1. The van der Waals surface area contributed by atoms with E-state index in [1.54, 1.807) is 6.92 Å². The number of carboxylic acid groups (broad SMARTS) is 1. The van der Waals surface area contributed by atoms with E-state index in [0.717, 1.165) is 26.1 Å². The lowest BCUT2D eigenvalue weighted by molar-refractivity contribution is 0.0697. The van der Waals surface area contributed by atoms with Gasteiger partial charge in [0.15, 0.2) is 0 Å². The van der Waals surface area contributed by atoms with Crippen molar-refractivity contribution in [2.24, 2.45) is 5.92 Å². The van der Waals surface area contributed by atoms with E-state index in [1.807, 2.05) is 0 Å². The molecule has 0 bridgehead atoms. The van der Waals surface area contributed by atoms with Gasteiger partial charge in [-0.05, 0) is 32.9 Å². The highest BCUT2D eigenvalue weighted by Gasteiger charge is 2.20. The Morgan fingerprint density at radius 3 is 3.06 bits per heavy atom. The van der Waals surface area contributed by atoms with Crippen molar-refractivity contribution in [2.75, 3.05) is 32.0 Å². The first kappa shape index (κ1) is 12.8. The van der Waals surface area contributed by atoms with Gasteiger partial charge in [-0.15, -0.1) is 0 Å². The van der Waals surface area contributed by atoms with Crippen molar-refractivity contribution in [3.05, 3.63) is 17.6 Å². The molecule has 1 unspecified atom stereocenters. The Hall–Kier alpha value is -1.69. The van der Waals surface area contributed by atoms with Crippen molar-refractivity contribution in [1.82, 2.24) is 14.9 Å². The highest BCUT2D eigenvalue weighted by atomic mass is 16.4. The fourth-order valence-electron chi connectivity index (χ4n) is 2.20. The van der Waals surface area contributed by atoms with Crippen LogP contribution in [0.5, 0.6) is 0 Å². The summed E-state index contributed by atoms with van der Waals surface area (Å²) < 4.78 is 0. The second-order valence-electron chi connectivity index (χ2n) is 4.78. The standard InChI is InChI=1S/C12H18N4O2/c1-8-13-6-10(12(17)18)11(15-8)14-5-9-3-4-16(2)7-9/h6,9H,3-5,7H2,1-2H3,(H,17,18)(H,13,14,15). The molecule has 1 aromatic heterocycles. The van der Waals surface area contributed by atoms with E-state index in [2.05, 4.69) is 27.2 Å². The summed E-state index contributed by atoms with van der Waals surface area (Å²) in [4.78, 5) is 21.4. The molecule has 0 amide bonds. The molecule has 0 saturated carbocycles. The highest BCUT2D eigenvalue weighted by molar-refractivity contribution is 5.92. The van der Waals surface area contributed by atoms with E-state index < -0.39 is 5.97 Å². The van der Waals surface area contributed by atoms with Crippen LogP contribution in [-0.2, 0) is 0 Å². The number of aromatic nitrogens is 2. The number of carboxylic acids is 1. The third-order valence-corrected chi connectivity index (χ3v) is 3.19. The predicted octanol–water partition coefficient (Wildman–Crippen LogP) is 0.847. The number of nitrogens with zero attached hydrogens (tertiary/aromatic N) is 3. The van der Waals surface area contributed by atoms with Crippen molar-refractivity contribution in [2.45, 2.75) is 13.3 Å². The SMILES string of the molecule is Cc1ncc(C(=O)O)c(NCC2CCN(C)C2)n1. The molecule has 2 heterocycles. The Morgan fingerprint density at radius 2 is 2.44 bits per heavy atom. The Bertz CT molecular complexity index is 450. The number of hydrogen-bond donors (Lipinski definition) is 2. The van der Waals surface area contributed by atoms with Gasteiger partial charge >= 0.3 is 5.97 Å². The lowest BCUT2D eigenvalue weighted by Gasteiger charge is -2.13. The summed E-state index contributed by atoms with van der Waals surface area (Å²) in [6.07, 6.45) is 2.49. The lowest BCUT2D eigenvalue weighted by Crippen LogP contribution is -2.20. The second kappa shape index (κ2) is 5.30. The van der Waals surface area contributed by atoms with E-state index in [0.29, 0.717) is 17.6 Å². The van der Waals surface area contributed by atoms with Gasteiger partial charge < -0.3 is 15.3 Å². The van der Waals surface area contributed by atoms with Crippen molar-refractivity contribution in [1.29, 1.82) is 0 Å². The number of aromatic carboxylic acids is 1. The smallest absolute Gasteiger partial charge is 0.341 e. The Balaban J connectivity index is 2.04. The first-order valence-corrected chi connectivity index (χ1v) is 6.05. The van der Waals surface area contributed by atoms with Crippen LogP contribution in [0.3, 0.4) is 0 Å². The molecule has 1 aliphatic heterocycles. The number of hydrogen-bond acceptors (Lipinski definition) is 5. The van der Waals surface area contributed by atoms with Crippen molar-refractivity contribution >= 4 is 11.8 Å². The molecule has 0 aromatic carbocycles. The quantitative estimate of drug-likeness (QED) is 0.824. The van der Waals surface area contributed by atoms with Gasteiger partial charge in [0.2, 0.25) is 0 Å². The van der Waals surface area contributed by atoms with E-state index in [9.17, 15) is 4.79 Å². The van der Waals surface area contributed by atoms with Crippen LogP contribution in [0.2, 0.25) is 0 Å². The number of nitrogens with one attached hydrogen (secondary N) is 1. The van der Waals surface area contributed by atoms with Crippen LogP contribution in [0.1, 0.15) is 22.6 Å². The maximum atomic E-state index is 11.1. The molecule has 1 aliphatic rings. The molecular formula is C12H18N4O2. The fourth-order valence-corrected chi connectivity index (χ4v) is 2.20. The van der Waals surface area contributed by atoms with Crippen LogP contribution >= 0.6 is 0 Å². The van der Waals surface area contributed by atoms with Gasteiger partial charge in [-0.25, -0.2) is 14.8 Å². The van der Waals surface area contributed by atoms with Gasteiger partial charge in [0.05, 0.1) is 0 Å². The number of aryl methyl sites for hydroxylation is 1. The zero-order chi connectivity index (χ0) is 13.1. The molecule has 2 rings (SSSR count). The van der Waals surface area contributed by atoms with Gasteiger partial charge in [-0.1, -0.05) is 0 Å². The molecule has 1 atom stereocenters. The van der Waals surface area contributed by atoms with Crippen LogP contribution in [0.4, 0.5) is 5.82 Å². The largest absolute Gasteiger partial charge is 0.477 e. The summed E-state index contributed by atoms with van der Waals surface area (Å²) in [5.41, 5.74) is 0.131. The van der Waals surface area contributed by atoms with E-state index in [1.165, 1.54) is 6.20 Å². The molecule has 0 spiro atoms. The number of carbonyl (C=O) groups is 1. The summed E-state index contributed by atoms with van der Waals surface area (Å²) in [6.45, 7) is 4.64. The lowest BCUT2D eigenvalue weighted by atomic mass is 10.1. The molecule has 18 heavy (non-hydrogen) atoms. The van der Waals surface area contributed by atoms with Gasteiger partial charge in [-0.3, -0.25) is 0 Å². The van der Waals surface area contributed by atoms with Crippen molar-refractivity contribution in [3.8, 4) is 0 Å². The van der Waals surface area contributed by atoms with Crippen LogP contribution in [0.15, 0.2) is 6.20 Å². The average molecular weight is 250 g/mol. The highest BCUT2D eigenvalue weighted by Crippen LogP contribution is 2.17. The summed E-state index contributed by atoms with van der Waals surface area (Å²) in [5.74, 6) is 0.545. The zero-order valence-corrected chi connectivity index (χ0v) is 10.7. The molecule has 2 N–H and O–H groups in total. The van der Waals surface area contributed by atoms with Crippen LogP contribution in [0.25, 0.3) is 0 Å². The summed E-state index contributed by atoms with van der Waals surface area (Å²) in [7, 11) is 2.09. The minimum Gasteiger partial charge on any atom is -0.477 e. The maximum Gasteiger partial charge on any atom is 0.341 e.